The number of rotatable bonds is 5. The molecule has 0 spiro atoms. The largest absolute Gasteiger partial charge is 0.379 e. The Morgan fingerprint density at radius 3 is 2.70 bits per heavy atom. The molecule has 7 heteroatoms. The molecule has 1 aromatic rings. The Morgan fingerprint density at radius 2 is 2.04 bits per heavy atom. The molecule has 0 bridgehead atoms. The average molecular weight is 372 g/mol. The molecule has 2 aliphatic heterocycles. The van der Waals surface area contributed by atoms with Crippen LogP contribution >= 0.6 is 0 Å². The van der Waals surface area contributed by atoms with Crippen molar-refractivity contribution in [1.29, 1.82) is 0 Å². The van der Waals surface area contributed by atoms with E-state index in [2.05, 4.69) is 21.3 Å². The molecule has 1 aliphatic carbocycles. The van der Waals surface area contributed by atoms with E-state index in [0.717, 1.165) is 31.9 Å². The van der Waals surface area contributed by atoms with E-state index in [0.29, 0.717) is 18.0 Å². The van der Waals surface area contributed by atoms with E-state index in [1.165, 1.54) is 24.8 Å². The predicted octanol–water partition coefficient (Wildman–Crippen LogP) is 0.988. The van der Waals surface area contributed by atoms with Crippen molar-refractivity contribution in [1.82, 2.24) is 21.3 Å². The number of ether oxygens (including phenoxy) is 1. The highest BCUT2D eigenvalue weighted by molar-refractivity contribution is 6.07. The van der Waals surface area contributed by atoms with Crippen LogP contribution in [0, 0.1) is 5.92 Å². The van der Waals surface area contributed by atoms with Crippen molar-refractivity contribution in [3.05, 3.63) is 35.4 Å². The summed E-state index contributed by atoms with van der Waals surface area (Å²) in [6, 6.07) is 8.40. The lowest BCUT2D eigenvalue weighted by Gasteiger charge is -2.33. The summed E-state index contributed by atoms with van der Waals surface area (Å²) in [7, 11) is 0. The van der Waals surface area contributed by atoms with E-state index in [1.54, 1.807) is 6.92 Å². The first-order valence-electron chi connectivity index (χ1n) is 9.84. The summed E-state index contributed by atoms with van der Waals surface area (Å²) in [5, 5.41) is 12.3. The summed E-state index contributed by atoms with van der Waals surface area (Å²) in [5.74, 6) is 0.301. The zero-order chi connectivity index (χ0) is 18.9. The van der Waals surface area contributed by atoms with Crippen LogP contribution in [0.4, 0.5) is 4.79 Å². The summed E-state index contributed by atoms with van der Waals surface area (Å²) >= 11 is 0. The minimum absolute atomic E-state index is 0.311. The summed E-state index contributed by atoms with van der Waals surface area (Å²) < 4.78 is 5.64. The molecule has 146 valence electrons. The molecule has 1 saturated carbocycles. The molecular formula is C20H28N4O3. The molecule has 3 fully saturated rings. The average Bonchev–Trinajstić information content (AvgIpc) is 3.25. The fourth-order valence-corrected chi connectivity index (χ4v) is 4.54. The van der Waals surface area contributed by atoms with Crippen molar-refractivity contribution >= 4 is 11.9 Å². The number of hydrogen-bond acceptors (Lipinski definition) is 5. The second-order valence-electron chi connectivity index (χ2n) is 7.95. The van der Waals surface area contributed by atoms with Gasteiger partial charge in [0, 0.05) is 25.2 Å². The van der Waals surface area contributed by atoms with E-state index in [4.69, 9.17) is 4.74 Å². The number of amides is 3. The van der Waals surface area contributed by atoms with E-state index >= 15 is 0 Å². The maximum Gasteiger partial charge on any atom is 0.322 e. The number of nitrogens with one attached hydrogen (secondary N) is 4. The maximum absolute atomic E-state index is 12.1. The molecule has 3 aliphatic rings. The summed E-state index contributed by atoms with van der Waals surface area (Å²) in [6.45, 7) is 5.08. The van der Waals surface area contributed by atoms with Gasteiger partial charge in [0.25, 0.3) is 5.91 Å². The van der Waals surface area contributed by atoms with Crippen LogP contribution in [0.1, 0.15) is 37.3 Å². The smallest absolute Gasteiger partial charge is 0.322 e. The van der Waals surface area contributed by atoms with Crippen LogP contribution in [-0.2, 0) is 21.6 Å². The van der Waals surface area contributed by atoms with Gasteiger partial charge in [-0.3, -0.25) is 10.1 Å². The van der Waals surface area contributed by atoms with Crippen LogP contribution in [0.25, 0.3) is 0 Å². The topological polar surface area (TPSA) is 91.5 Å². The first-order valence-corrected chi connectivity index (χ1v) is 9.84. The van der Waals surface area contributed by atoms with E-state index < -0.39 is 11.6 Å². The zero-order valence-corrected chi connectivity index (χ0v) is 15.7. The van der Waals surface area contributed by atoms with E-state index in [-0.39, 0.29) is 5.91 Å². The van der Waals surface area contributed by atoms with Gasteiger partial charge in [-0.15, -0.1) is 0 Å². The molecule has 4 rings (SSSR count). The number of hydrogen-bond donors (Lipinski definition) is 4. The van der Waals surface area contributed by atoms with Crippen molar-refractivity contribution in [3.63, 3.8) is 0 Å². The number of urea groups is 1. The number of carbonyl (C=O) groups is 2. The van der Waals surface area contributed by atoms with E-state index in [9.17, 15) is 9.59 Å². The molecule has 1 aromatic carbocycles. The Labute approximate surface area is 159 Å². The fraction of sp³-hybridized carbons (Fsp3) is 0.600. The first-order chi connectivity index (χ1) is 13.1. The molecule has 4 atom stereocenters. The van der Waals surface area contributed by atoms with Gasteiger partial charge in [-0.05, 0) is 36.8 Å². The highest BCUT2D eigenvalue weighted by Gasteiger charge is 2.43. The van der Waals surface area contributed by atoms with Gasteiger partial charge < -0.3 is 20.7 Å². The van der Waals surface area contributed by atoms with Gasteiger partial charge in [-0.25, -0.2) is 4.79 Å². The van der Waals surface area contributed by atoms with Gasteiger partial charge in [-0.1, -0.05) is 30.7 Å². The third-order valence-electron chi connectivity index (χ3n) is 6.18. The predicted molar refractivity (Wildman–Crippen MR) is 101 cm³/mol. The molecule has 0 radical (unpaired) electrons. The summed E-state index contributed by atoms with van der Waals surface area (Å²) in [5.41, 5.74) is 0.967. The molecule has 4 unspecified atom stereocenters. The monoisotopic (exact) mass is 372 g/mol. The number of imide groups is 1. The Kier molecular flexibility index (Phi) is 5.16. The fourth-order valence-electron chi connectivity index (χ4n) is 4.54. The van der Waals surface area contributed by atoms with Crippen LogP contribution in [0.5, 0.6) is 0 Å². The third kappa shape index (κ3) is 3.72. The molecular weight excluding hydrogens is 344 g/mol. The van der Waals surface area contributed by atoms with Crippen LogP contribution in [0.3, 0.4) is 0 Å². The summed E-state index contributed by atoms with van der Waals surface area (Å²) in [4.78, 5) is 23.5. The number of morpholine rings is 1. The zero-order valence-electron chi connectivity index (χ0n) is 15.7. The van der Waals surface area contributed by atoms with Crippen LogP contribution in [-0.4, -0.2) is 43.8 Å². The second-order valence-corrected chi connectivity index (χ2v) is 7.95. The second kappa shape index (κ2) is 7.58. The van der Waals surface area contributed by atoms with Crippen molar-refractivity contribution in [2.24, 2.45) is 5.92 Å². The van der Waals surface area contributed by atoms with Crippen LogP contribution < -0.4 is 21.3 Å². The van der Waals surface area contributed by atoms with Crippen molar-refractivity contribution in [3.8, 4) is 0 Å². The van der Waals surface area contributed by atoms with Gasteiger partial charge in [0.15, 0.2) is 0 Å². The van der Waals surface area contributed by atoms with Gasteiger partial charge in [0.05, 0.1) is 13.2 Å². The van der Waals surface area contributed by atoms with Crippen molar-refractivity contribution < 1.29 is 14.3 Å². The normalized spacial score (nSPS) is 33.7. The lowest BCUT2D eigenvalue weighted by atomic mass is 9.91. The quantitative estimate of drug-likeness (QED) is 0.579. The molecule has 7 nitrogen and oxygen atoms in total. The lowest BCUT2D eigenvalue weighted by molar-refractivity contribution is -0.123. The van der Waals surface area contributed by atoms with E-state index in [1.807, 2.05) is 24.3 Å². The van der Waals surface area contributed by atoms with Gasteiger partial charge in [-0.2, -0.15) is 0 Å². The highest BCUT2D eigenvalue weighted by atomic mass is 16.5. The lowest BCUT2D eigenvalue weighted by Crippen LogP contribution is -2.50. The highest BCUT2D eigenvalue weighted by Crippen LogP contribution is 2.30. The standard InChI is InChI=1S/C20H28N4O3/c1-20(18(25)23-19(26)24-20)14-7-5-13(6-8-14)11-22-16-4-2-3-15(16)17-12-27-10-9-21-17/h5-8,15-17,21-22H,2-4,9-12H2,1H3,(H2,23,24,25,26). The van der Waals surface area contributed by atoms with Crippen molar-refractivity contribution in [2.45, 2.75) is 50.4 Å². The Balaban J connectivity index is 1.36. The Morgan fingerprint density at radius 1 is 1.22 bits per heavy atom. The molecule has 0 aromatic heterocycles. The Hall–Kier alpha value is -1.96. The summed E-state index contributed by atoms with van der Waals surface area (Å²) in [6.07, 6.45) is 3.70. The molecule has 27 heavy (non-hydrogen) atoms. The minimum atomic E-state index is -0.994. The van der Waals surface area contributed by atoms with Crippen molar-refractivity contribution in [2.75, 3.05) is 19.8 Å². The molecule has 4 N–H and O–H groups in total. The molecule has 2 heterocycles. The SMILES string of the molecule is CC1(c2ccc(CNC3CCCC3C3COCCN3)cc2)NC(=O)NC1=O. The molecule has 3 amide bonds. The molecule has 2 saturated heterocycles. The van der Waals surface area contributed by atoms with Crippen LogP contribution in [0.2, 0.25) is 0 Å². The van der Waals surface area contributed by atoms with Gasteiger partial charge in [0.1, 0.15) is 5.54 Å². The third-order valence-corrected chi connectivity index (χ3v) is 6.18. The van der Waals surface area contributed by atoms with Crippen LogP contribution in [0.15, 0.2) is 24.3 Å². The maximum atomic E-state index is 12.1. The minimum Gasteiger partial charge on any atom is -0.379 e. The first kappa shape index (κ1) is 18.4. The number of carbonyl (C=O) groups excluding carboxylic acids is 2. The Bertz CT molecular complexity index is 702. The van der Waals surface area contributed by atoms with Gasteiger partial charge >= 0.3 is 6.03 Å². The van der Waals surface area contributed by atoms with Gasteiger partial charge in [0.2, 0.25) is 0 Å². The number of benzene rings is 1.